The Kier molecular flexibility index (Phi) is 5.27. The van der Waals surface area contributed by atoms with Gasteiger partial charge in [-0.2, -0.15) is 0 Å². The number of methoxy groups -OCH3 is 1. The van der Waals surface area contributed by atoms with Crippen LogP contribution in [0.25, 0.3) is 22.4 Å². The predicted octanol–water partition coefficient (Wildman–Crippen LogP) is 4.51. The topological polar surface area (TPSA) is 67.5 Å². The van der Waals surface area contributed by atoms with Crippen molar-refractivity contribution >= 4 is 16.9 Å². The van der Waals surface area contributed by atoms with Crippen LogP contribution in [0.4, 0.5) is 0 Å². The summed E-state index contributed by atoms with van der Waals surface area (Å²) in [6, 6.07) is 20.0. The molecule has 0 fully saturated rings. The minimum Gasteiger partial charge on any atom is -0.493 e. The molecule has 0 spiro atoms. The third kappa shape index (κ3) is 3.91. The third-order valence-electron chi connectivity index (χ3n) is 5.91. The fourth-order valence-corrected chi connectivity index (χ4v) is 4.13. The van der Waals surface area contributed by atoms with E-state index in [2.05, 4.69) is 35.1 Å². The number of aromatic nitrogens is 2. The lowest BCUT2D eigenvalue weighted by Crippen LogP contribution is -2.38. The number of aromatic amines is 1. The average Bonchev–Trinajstić information content (AvgIpc) is 3.25. The molecule has 1 N–H and O–H groups in total. The van der Waals surface area contributed by atoms with E-state index in [0.29, 0.717) is 24.6 Å². The lowest BCUT2D eigenvalue weighted by atomic mass is 10.00. The van der Waals surface area contributed by atoms with E-state index in [1.807, 2.05) is 47.4 Å². The maximum Gasteiger partial charge on any atom is 0.260 e. The Hall–Kier alpha value is -3.80. The number of rotatable bonds is 5. The number of nitrogens with zero attached hydrogens (tertiary/aromatic N) is 2. The van der Waals surface area contributed by atoms with Gasteiger partial charge in [0.1, 0.15) is 5.82 Å². The van der Waals surface area contributed by atoms with Gasteiger partial charge in [0, 0.05) is 18.7 Å². The van der Waals surface area contributed by atoms with Crippen LogP contribution >= 0.6 is 0 Å². The van der Waals surface area contributed by atoms with Gasteiger partial charge in [-0.05, 0) is 60.4 Å². The van der Waals surface area contributed by atoms with Crippen molar-refractivity contribution in [1.82, 2.24) is 14.9 Å². The zero-order chi connectivity index (χ0) is 22.1. The number of hydrogen-bond donors (Lipinski definition) is 1. The highest BCUT2D eigenvalue weighted by Crippen LogP contribution is 2.32. The Labute approximate surface area is 186 Å². The summed E-state index contributed by atoms with van der Waals surface area (Å²) in [4.78, 5) is 22.6. The summed E-state index contributed by atoms with van der Waals surface area (Å²) in [6.45, 7) is 3.36. The second-order valence-electron chi connectivity index (χ2n) is 8.09. The molecule has 162 valence electrons. The third-order valence-corrected chi connectivity index (χ3v) is 5.91. The first kappa shape index (κ1) is 20.1. The number of amides is 1. The first-order valence-corrected chi connectivity index (χ1v) is 10.7. The van der Waals surface area contributed by atoms with Gasteiger partial charge in [0.2, 0.25) is 0 Å². The Morgan fingerprint density at radius 2 is 1.91 bits per heavy atom. The summed E-state index contributed by atoms with van der Waals surface area (Å²) in [5, 5.41) is 0. The van der Waals surface area contributed by atoms with Crippen LogP contribution in [0, 0.1) is 6.92 Å². The van der Waals surface area contributed by atoms with Gasteiger partial charge < -0.3 is 19.4 Å². The fraction of sp³-hybridized carbons (Fsp3) is 0.231. The van der Waals surface area contributed by atoms with Crippen molar-refractivity contribution < 1.29 is 14.3 Å². The molecular weight excluding hydrogens is 402 g/mol. The van der Waals surface area contributed by atoms with Gasteiger partial charge in [0.15, 0.2) is 18.1 Å². The zero-order valence-corrected chi connectivity index (χ0v) is 18.2. The van der Waals surface area contributed by atoms with Crippen molar-refractivity contribution in [2.24, 2.45) is 0 Å². The molecule has 0 saturated carbocycles. The first-order chi connectivity index (χ1) is 15.6. The number of ether oxygens (including phenoxy) is 2. The Balaban J connectivity index is 1.29. The fourth-order valence-electron chi connectivity index (χ4n) is 4.13. The quantitative estimate of drug-likeness (QED) is 0.509. The molecule has 1 aliphatic heterocycles. The number of aryl methyl sites for hydroxylation is 1. The van der Waals surface area contributed by atoms with E-state index >= 15 is 0 Å². The van der Waals surface area contributed by atoms with E-state index in [9.17, 15) is 4.79 Å². The number of H-pyrrole nitrogens is 1. The van der Waals surface area contributed by atoms with Gasteiger partial charge in [0.25, 0.3) is 5.91 Å². The first-order valence-electron chi connectivity index (χ1n) is 10.7. The number of fused-ring (bicyclic) bond motifs is 2. The van der Waals surface area contributed by atoms with Gasteiger partial charge >= 0.3 is 0 Å². The van der Waals surface area contributed by atoms with E-state index in [1.54, 1.807) is 7.11 Å². The maximum atomic E-state index is 12.7. The number of carbonyl (C=O) groups is 1. The summed E-state index contributed by atoms with van der Waals surface area (Å²) in [7, 11) is 1.59. The largest absolute Gasteiger partial charge is 0.493 e. The summed E-state index contributed by atoms with van der Waals surface area (Å²) in [5.74, 6) is 1.83. The average molecular weight is 428 g/mol. The van der Waals surface area contributed by atoms with Crippen molar-refractivity contribution in [3.8, 4) is 22.9 Å². The molecule has 5 rings (SSSR count). The highest BCUT2D eigenvalue weighted by Gasteiger charge is 2.21. The number of benzene rings is 3. The highest BCUT2D eigenvalue weighted by molar-refractivity contribution is 5.81. The molecule has 1 aromatic heterocycles. The molecule has 0 saturated heterocycles. The molecule has 6 nitrogen and oxygen atoms in total. The molecule has 0 unspecified atom stereocenters. The van der Waals surface area contributed by atoms with Crippen molar-refractivity contribution in [1.29, 1.82) is 0 Å². The molecule has 0 radical (unpaired) electrons. The molecule has 1 aliphatic rings. The zero-order valence-electron chi connectivity index (χ0n) is 18.2. The Morgan fingerprint density at radius 3 is 2.75 bits per heavy atom. The second kappa shape index (κ2) is 8.38. The van der Waals surface area contributed by atoms with Crippen LogP contribution in [-0.4, -0.2) is 41.0 Å². The molecule has 3 aromatic carbocycles. The second-order valence-corrected chi connectivity index (χ2v) is 8.09. The van der Waals surface area contributed by atoms with Crippen LogP contribution in [-0.2, 0) is 17.8 Å². The van der Waals surface area contributed by atoms with Gasteiger partial charge in [-0.15, -0.1) is 0 Å². The number of hydrogen-bond acceptors (Lipinski definition) is 4. The van der Waals surface area contributed by atoms with Crippen LogP contribution in [0.5, 0.6) is 11.5 Å². The smallest absolute Gasteiger partial charge is 0.260 e. The Bertz CT molecular complexity index is 1290. The van der Waals surface area contributed by atoms with Gasteiger partial charge in [-0.1, -0.05) is 30.3 Å². The monoisotopic (exact) mass is 427 g/mol. The van der Waals surface area contributed by atoms with E-state index in [0.717, 1.165) is 28.8 Å². The summed E-state index contributed by atoms with van der Waals surface area (Å²) in [5.41, 5.74) is 6.50. The Morgan fingerprint density at radius 1 is 1.06 bits per heavy atom. The predicted molar refractivity (Wildman–Crippen MR) is 124 cm³/mol. The molecule has 0 atom stereocenters. The minimum atomic E-state index is -0.0294. The summed E-state index contributed by atoms with van der Waals surface area (Å²) in [6.07, 6.45) is 0.872. The van der Waals surface area contributed by atoms with Crippen LogP contribution in [0.15, 0.2) is 60.7 Å². The van der Waals surface area contributed by atoms with Crippen molar-refractivity contribution in [2.75, 3.05) is 20.3 Å². The van der Waals surface area contributed by atoms with Crippen LogP contribution in [0.3, 0.4) is 0 Å². The number of nitrogens with one attached hydrogen (secondary N) is 1. The summed E-state index contributed by atoms with van der Waals surface area (Å²) < 4.78 is 11.4. The molecule has 4 aromatic rings. The number of carbonyl (C=O) groups excluding carboxylic acids is 1. The standard InChI is InChI=1S/C26H25N3O3/c1-17-7-9-21-22(13-17)28-26(27-21)19-8-10-23(24(14-19)31-2)32-16-25(30)29-12-11-18-5-3-4-6-20(18)15-29/h3-10,13-14H,11-12,15-16H2,1-2H3,(H,27,28). The van der Waals surface area contributed by atoms with E-state index in [-0.39, 0.29) is 12.5 Å². The number of imidazole rings is 1. The van der Waals surface area contributed by atoms with Gasteiger partial charge in [-0.25, -0.2) is 4.98 Å². The van der Waals surface area contributed by atoms with Crippen LogP contribution in [0.2, 0.25) is 0 Å². The van der Waals surface area contributed by atoms with Crippen molar-refractivity contribution in [2.45, 2.75) is 19.9 Å². The van der Waals surface area contributed by atoms with Crippen LogP contribution < -0.4 is 9.47 Å². The lowest BCUT2D eigenvalue weighted by Gasteiger charge is -2.28. The minimum absolute atomic E-state index is 0.0260. The molecule has 32 heavy (non-hydrogen) atoms. The van der Waals surface area contributed by atoms with Crippen LogP contribution in [0.1, 0.15) is 16.7 Å². The normalized spacial score (nSPS) is 13.1. The van der Waals surface area contributed by atoms with Crippen molar-refractivity contribution in [3.63, 3.8) is 0 Å². The maximum absolute atomic E-state index is 12.7. The molecule has 0 bridgehead atoms. The molecular formula is C26H25N3O3. The van der Waals surface area contributed by atoms with E-state index < -0.39 is 0 Å². The molecule has 2 heterocycles. The molecule has 1 amide bonds. The van der Waals surface area contributed by atoms with E-state index in [1.165, 1.54) is 16.7 Å². The summed E-state index contributed by atoms with van der Waals surface area (Å²) >= 11 is 0. The van der Waals surface area contributed by atoms with Gasteiger partial charge in [0.05, 0.1) is 18.1 Å². The lowest BCUT2D eigenvalue weighted by molar-refractivity contribution is -0.134. The SMILES string of the molecule is COc1cc(-c2nc3ccc(C)cc3[nH]2)ccc1OCC(=O)N1CCc2ccccc2C1. The molecule has 0 aliphatic carbocycles. The highest BCUT2D eigenvalue weighted by atomic mass is 16.5. The van der Waals surface area contributed by atoms with E-state index in [4.69, 9.17) is 9.47 Å². The molecule has 6 heteroatoms. The van der Waals surface area contributed by atoms with Crippen molar-refractivity contribution in [3.05, 3.63) is 77.4 Å². The van der Waals surface area contributed by atoms with Gasteiger partial charge in [-0.3, -0.25) is 4.79 Å².